The number of H-pyrrole nitrogens is 1. The summed E-state index contributed by atoms with van der Waals surface area (Å²) in [4.78, 5) is 19.6. The highest BCUT2D eigenvalue weighted by Crippen LogP contribution is 2.34. The van der Waals surface area contributed by atoms with E-state index in [9.17, 15) is 18.0 Å². The number of para-hydroxylation sites is 1. The van der Waals surface area contributed by atoms with E-state index in [2.05, 4.69) is 15.1 Å². The smallest absolute Gasteiger partial charge is 0.434 e. The highest BCUT2D eigenvalue weighted by molar-refractivity contribution is 5.95. The average molecular weight is 414 g/mol. The van der Waals surface area contributed by atoms with Crippen LogP contribution in [0.5, 0.6) is 0 Å². The van der Waals surface area contributed by atoms with Gasteiger partial charge in [-0.05, 0) is 31.5 Å². The lowest BCUT2D eigenvalue weighted by atomic mass is 10.1. The molecule has 0 fully saturated rings. The number of hydrogen-bond donors (Lipinski definition) is 1. The number of fused-ring (bicyclic) bond motifs is 1. The van der Waals surface area contributed by atoms with Gasteiger partial charge in [-0.15, -0.1) is 0 Å². The number of esters is 1. The lowest BCUT2D eigenvalue weighted by molar-refractivity contribution is -0.143. The average Bonchev–Trinajstić information content (AvgIpc) is 3.33. The first-order valence-corrected chi connectivity index (χ1v) is 9.18. The molecule has 6 nitrogen and oxygen atoms in total. The zero-order valence-corrected chi connectivity index (χ0v) is 16.1. The van der Waals surface area contributed by atoms with Crippen LogP contribution in [0.25, 0.3) is 28.0 Å². The Morgan fingerprint density at radius 1 is 1.20 bits per heavy atom. The number of alkyl halides is 3. The van der Waals surface area contributed by atoms with Crippen molar-refractivity contribution in [2.45, 2.75) is 20.0 Å². The number of pyridine rings is 1. The Morgan fingerprint density at radius 3 is 2.70 bits per heavy atom. The summed E-state index contributed by atoms with van der Waals surface area (Å²) in [5, 5.41) is 4.78. The molecule has 0 saturated carbocycles. The third-order valence-corrected chi connectivity index (χ3v) is 4.68. The molecule has 0 saturated heterocycles. The molecule has 1 aromatic carbocycles. The van der Waals surface area contributed by atoms with Crippen LogP contribution in [-0.2, 0) is 10.9 Å². The Bertz CT molecular complexity index is 1240. The molecule has 154 valence electrons. The minimum Gasteiger partial charge on any atom is -0.462 e. The molecule has 0 bridgehead atoms. The lowest BCUT2D eigenvalue weighted by Crippen LogP contribution is -2.19. The molecule has 0 aliphatic carbocycles. The maximum atomic E-state index is 13.8. The van der Waals surface area contributed by atoms with Crippen molar-refractivity contribution in [1.29, 1.82) is 0 Å². The maximum absolute atomic E-state index is 13.8. The number of nitrogens with one attached hydrogen (secondary N) is 1. The largest absolute Gasteiger partial charge is 0.462 e. The van der Waals surface area contributed by atoms with Gasteiger partial charge in [-0.1, -0.05) is 24.3 Å². The van der Waals surface area contributed by atoms with Gasteiger partial charge in [-0.25, -0.2) is 14.5 Å². The van der Waals surface area contributed by atoms with Gasteiger partial charge < -0.3 is 9.72 Å². The molecule has 0 aliphatic rings. The van der Waals surface area contributed by atoms with E-state index in [1.807, 2.05) is 31.3 Å². The summed E-state index contributed by atoms with van der Waals surface area (Å²) < 4.78 is 46.6. The van der Waals surface area contributed by atoms with Gasteiger partial charge in [0.1, 0.15) is 5.56 Å². The summed E-state index contributed by atoms with van der Waals surface area (Å²) >= 11 is 0. The van der Waals surface area contributed by atoms with Crippen molar-refractivity contribution in [3.63, 3.8) is 0 Å². The molecule has 1 N–H and O–H groups in total. The normalized spacial score (nSPS) is 11.8. The minimum atomic E-state index is -4.83. The summed E-state index contributed by atoms with van der Waals surface area (Å²) in [6.45, 7) is 3.43. The molecule has 0 unspecified atom stereocenters. The number of nitrogens with zero attached hydrogens (tertiary/aromatic N) is 3. The first-order chi connectivity index (χ1) is 14.3. The van der Waals surface area contributed by atoms with Crippen molar-refractivity contribution < 1.29 is 22.7 Å². The number of ether oxygens (including phenoxy) is 1. The van der Waals surface area contributed by atoms with E-state index < -0.39 is 23.4 Å². The second-order valence-corrected chi connectivity index (χ2v) is 6.62. The second-order valence-electron chi connectivity index (χ2n) is 6.62. The SMILES string of the molecule is CCOC(=O)c1cnn(-c2cccc(-c3cccc4c(C)c[nH]c34)n2)c1C(F)(F)F. The molecule has 0 atom stereocenters. The molecule has 4 aromatic rings. The van der Waals surface area contributed by atoms with Gasteiger partial charge in [0.25, 0.3) is 0 Å². The van der Waals surface area contributed by atoms with Gasteiger partial charge in [-0.2, -0.15) is 18.3 Å². The van der Waals surface area contributed by atoms with E-state index in [4.69, 9.17) is 4.74 Å². The number of carbonyl (C=O) groups excluding carboxylic acids is 1. The fraction of sp³-hybridized carbons (Fsp3) is 0.190. The minimum absolute atomic E-state index is 0.0470. The fourth-order valence-electron chi connectivity index (χ4n) is 3.35. The van der Waals surface area contributed by atoms with E-state index in [1.165, 1.54) is 13.0 Å². The molecule has 0 amide bonds. The van der Waals surface area contributed by atoms with Crippen LogP contribution in [-0.4, -0.2) is 32.3 Å². The van der Waals surface area contributed by atoms with E-state index in [-0.39, 0.29) is 12.4 Å². The number of rotatable bonds is 4. The molecular formula is C21H17F3N4O2. The number of aryl methyl sites for hydroxylation is 1. The summed E-state index contributed by atoms with van der Waals surface area (Å²) in [5.41, 5.74) is 1.23. The molecule has 0 aliphatic heterocycles. The summed E-state index contributed by atoms with van der Waals surface area (Å²) in [6.07, 6.45) is -2.12. The molecule has 3 aromatic heterocycles. The Kier molecular flexibility index (Phi) is 4.81. The second kappa shape index (κ2) is 7.33. The molecule has 30 heavy (non-hydrogen) atoms. The number of hydrogen-bond acceptors (Lipinski definition) is 4. The Morgan fingerprint density at radius 2 is 1.97 bits per heavy atom. The Hall–Kier alpha value is -3.62. The van der Waals surface area contributed by atoms with Gasteiger partial charge in [0, 0.05) is 17.1 Å². The predicted octanol–water partition coefficient (Wildman–Crippen LogP) is 4.92. The van der Waals surface area contributed by atoms with Crippen LogP contribution < -0.4 is 0 Å². The number of aromatic nitrogens is 4. The quantitative estimate of drug-likeness (QED) is 0.481. The number of benzene rings is 1. The third kappa shape index (κ3) is 3.32. The van der Waals surface area contributed by atoms with Gasteiger partial charge in [0.05, 0.1) is 24.0 Å². The van der Waals surface area contributed by atoms with Crippen molar-refractivity contribution in [3.8, 4) is 17.1 Å². The zero-order chi connectivity index (χ0) is 21.5. The third-order valence-electron chi connectivity index (χ3n) is 4.68. The summed E-state index contributed by atoms with van der Waals surface area (Å²) in [6, 6.07) is 10.4. The van der Waals surface area contributed by atoms with E-state index in [0.717, 1.165) is 28.2 Å². The zero-order valence-electron chi connectivity index (χ0n) is 16.1. The van der Waals surface area contributed by atoms with Crippen molar-refractivity contribution in [3.05, 3.63) is 65.6 Å². The van der Waals surface area contributed by atoms with Crippen molar-refractivity contribution in [2.75, 3.05) is 6.61 Å². The van der Waals surface area contributed by atoms with Crippen LogP contribution in [0.15, 0.2) is 48.8 Å². The highest BCUT2D eigenvalue weighted by Gasteiger charge is 2.41. The molecule has 3 heterocycles. The Balaban J connectivity index is 1.86. The lowest BCUT2D eigenvalue weighted by Gasteiger charge is -2.13. The fourth-order valence-corrected chi connectivity index (χ4v) is 3.35. The first kappa shape index (κ1) is 19.7. The van der Waals surface area contributed by atoms with Crippen LogP contribution >= 0.6 is 0 Å². The molecular weight excluding hydrogens is 397 g/mol. The standard InChI is InChI=1S/C21H17F3N4O2/c1-3-30-20(29)15-11-26-28(19(15)21(22,23)24)17-9-5-8-16(27-17)14-7-4-6-13-12(2)10-25-18(13)14/h4-11,25H,3H2,1-2H3. The van der Waals surface area contributed by atoms with Gasteiger partial charge in [-0.3, -0.25) is 0 Å². The van der Waals surface area contributed by atoms with Crippen LogP contribution in [0.4, 0.5) is 13.2 Å². The number of carbonyl (C=O) groups is 1. The van der Waals surface area contributed by atoms with Crippen molar-refractivity contribution >= 4 is 16.9 Å². The van der Waals surface area contributed by atoms with Gasteiger partial charge in [0.2, 0.25) is 0 Å². The van der Waals surface area contributed by atoms with Crippen LogP contribution in [0, 0.1) is 6.92 Å². The molecule has 0 radical (unpaired) electrons. The maximum Gasteiger partial charge on any atom is 0.434 e. The summed E-state index contributed by atoms with van der Waals surface area (Å²) in [5.74, 6) is -1.14. The van der Waals surface area contributed by atoms with E-state index in [1.54, 1.807) is 12.1 Å². The molecule has 9 heteroatoms. The van der Waals surface area contributed by atoms with Gasteiger partial charge in [0.15, 0.2) is 11.5 Å². The van der Waals surface area contributed by atoms with Crippen LogP contribution in [0.1, 0.15) is 28.5 Å². The highest BCUT2D eigenvalue weighted by atomic mass is 19.4. The van der Waals surface area contributed by atoms with Crippen LogP contribution in [0.3, 0.4) is 0 Å². The monoisotopic (exact) mass is 414 g/mol. The molecule has 4 rings (SSSR count). The Labute approximate surface area is 169 Å². The van der Waals surface area contributed by atoms with E-state index >= 15 is 0 Å². The van der Waals surface area contributed by atoms with Crippen molar-refractivity contribution in [2.24, 2.45) is 0 Å². The number of aromatic amines is 1. The van der Waals surface area contributed by atoms with Crippen molar-refractivity contribution in [1.82, 2.24) is 19.7 Å². The van der Waals surface area contributed by atoms with Gasteiger partial charge >= 0.3 is 12.1 Å². The molecule has 0 spiro atoms. The topological polar surface area (TPSA) is 72.8 Å². The summed E-state index contributed by atoms with van der Waals surface area (Å²) in [7, 11) is 0. The first-order valence-electron chi connectivity index (χ1n) is 9.18. The van der Waals surface area contributed by atoms with Crippen LogP contribution in [0.2, 0.25) is 0 Å². The van der Waals surface area contributed by atoms with E-state index in [0.29, 0.717) is 10.4 Å². The number of halogens is 3. The predicted molar refractivity (Wildman–Crippen MR) is 104 cm³/mol.